The van der Waals surface area contributed by atoms with Gasteiger partial charge in [0.05, 0.1) is 25.5 Å². The molecular weight excluding hydrogens is 473 g/mol. The summed E-state index contributed by atoms with van der Waals surface area (Å²) in [5.74, 6) is 0.785. The van der Waals surface area contributed by atoms with E-state index in [9.17, 15) is 0 Å². The largest absolute Gasteiger partial charge is 0.378 e. The molecule has 0 spiro atoms. The molecule has 2 N–H and O–H groups in total. The third kappa shape index (κ3) is 6.05. The topological polar surface area (TPSA) is 61.8 Å². The van der Waals surface area contributed by atoms with Gasteiger partial charge in [-0.25, -0.2) is 4.98 Å². The molecule has 0 aliphatic carbocycles. The average Bonchev–Trinajstić information content (AvgIpc) is 3.00. The van der Waals surface area contributed by atoms with Gasteiger partial charge in [0.1, 0.15) is 5.01 Å². The van der Waals surface area contributed by atoms with Crippen molar-refractivity contribution in [3.63, 3.8) is 0 Å². The van der Waals surface area contributed by atoms with Crippen LogP contribution < -0.4 is 15.5 Å². The number of anilines is 1. The van der Waals surface area contributed by atoms with Crippen LogP contribution in [0.15, 0.2) is 29.3 Å². The maximum atomic E-state index is 5.47. The van der Waals surface area contributed by atoms with Crippen LogP contribution in [0.25, 0.3) is 0 Å². The Labute approximate surface area is 182 Å². The molecule has 1 aliphatic heterocycles. The number of aryl methyl sites for hydroxylation is 2. The molecule has 0 atom stereocenters. The summed E-state index contributed by atoms with van der Waals surface area (Å²) in [6.45, 7) is 9.01. The van der Waals surface area contributed by atoms with E-state index in [2.05, 4.69) is 56.7 Å². The van der Waals surface area contributed by atoms with E-state index in [4.69, 9.17) is 4.74 Å². The zero-order chi connectivity index (χ0) is 18.4. The lowest BCUT2D eigenvalue weighted by Crippen LogP contribution is -2.38. The first-order valence-corrected chi connectivity index (χ1v) is 9.77. The predicted octanol–water partition coefficient (Wildman–Crippen LogP) is 3.08. The summed E-state index contributed by atoms with van der Waals surface area (Å²) in [5.41, 5.74) is 3.64. The van der Waals surface area contributed by atoms with E-state index in [1.807, 2.05) is 6.92 Å². The maximum absolute atomic E-state index is 5.47. The normalized spacial score (nSPS) is 14.6. The Bertz CT molecular complexity index is 739. The smallest absolute Gasteiger partial charge is 0.191 e. The van der Waals surface area contributed by atoms with Crippen LogP contribution >= 0.6 is 35.3 Å². The fourth-order valence-electron chi connectivity index (χ4n) is 2.95. The highest BCUT2D eigenvalue weighted by molar-refractivity contribution is 14.0. The molecule has 148 valence electrons. The van der Waals surface area contributed by atoms with Gasteiger partial charge in [-0.15, -0.1) is 35.3 Å². The molecule has 0 unspecified atom stereocenters. The van der Waals surface area contributed by atoms with Crippen molar-refractivity contribution < 1.29 is 4.74 Å². The van der Waals surface area contributed by atoms with Crippen molar-refractivity contribution in [1.29, 1.82) is 0 Å². The first-order chi connectivity index (χ1) is 12.7. The summed E-state index contributed by atoms with van der Waals surface area (Å²) in [6.07, 6.45) is 0. The molecule has 1 aliphatic rings. The van der Waals surface area contributed by atoms with Gasteiger partial charge in [0.15, 0.2) is 5.96 Å². The number of aromatic nitrogens is 1. The molecule has 1 aromatic heterocycles. The molecular formula is C19H28IN5OS. The zero-order valence-corrected chi connectivity index (χ0v) is 19.3. The van der Waals surface area contributed by atoms with Crippen LogP contribution in [0, 0.1) is 13.8 Å². The summed E-state index contributed by atoms with van der Waals surface area (Å²) < 4.78 is 5.47. The highest BCUT2D eigenvalue weighted by Crippen LogP contribution is 2.21. The van der Waals surface area contributed by atoms with Gasteiger partial charge in [0.25, 0.3) is 0 Å². The Morgan fingerprint density at radius 1 is 1.19 bits per heavy atom. The lowest BCUT2D eigenvalue weighted by atomic mass is 10.1. The number of hydrogen-bond acceptors (Lipinski definition) is 5. The van der Waals surface area contributed by atoms with E-state index in [1.165, 1.54) is 16.1 Å². The molecule has 27 heavy (non-hydrogen) atoms. The third-order valence-corrected chi connectivity index (χ3v) is 5.57. The lowest BCUT2D eigenvalue weighted by Gasteiger charge is -2.30. The molecule has 6 nitrogen and oxygen atoms in total. The molecule has 3 rings (SSSR count). The fourth-order valence-corrected chi connectivity index (χ4v) is 3.82. The molecule has 0 saturated carbocycles. The Kier molecular flexibility index (Phi) is 8.78. The molecule has 2 heterocycles. The lowest BCUT2D eigenvalue weighted by molar-refractivity contribution is 0.122. The number of benzene rings is 1. The van der Waals surface area contributed by atoms with Crippen LogP contribution in [-0.4, -0.2) is 44.3 Å². The molecule has 1 fully saturated rings. The average molecular weight is 501 g/mol. The maximum Gasteiger partial charge on any atom is 0.191 e. The van der Waals surface area contributed by atoms with Crippen LogP contribution in [0.4, 0.5) is 5.69 Å². The second-order valence-corrected chi connectivity index (χ2v) is 7.54. The molecule has 0 amide bonds. The van der Waals surface area contributed by atoms with Crippen molar-refractivity contribution in [2.45, 2.75) is 26.9 Å². The SMILES string of the molecule is CN=C(NCc1nc(C)c(C)s1)NCc1ccccc1N1CCOCC1.I. The Morgan fingerprint density at radius 2 is 1.89 bits per heavy atom. The summed E-state index contributed by atoms with van der Waals surface area (Å²) in [7, 11) is 1.79. The monoisotopic (exact) mass is 501 g/mol. The van der Waals surface area contributed by atoms with Crippen molar-refractivity contribution in [3.05, 3.63) is 45.4 Å². The van der Waals surface area contributed by atoms with E-state index in [1.54, 1.807) is 18.4 Å². The van der Waals surface area contributed by atoms with E-state index in [0.717, 1.165) is 49.5 Å². The van der Waals surface area contributed by atoms with Crippen molar-refractivity contribution in [2.75, 3.05) is 38.3 Å². The van der Waals surface area contributed by atoms with Gasteiger partial charge in [0.2, 0.25) is 0 Å². The standard InChI is InChI=1S/C19H27N5OS.HI/c1-14-15(2)26-18(23-14)13-22-19(20-3)21-12-16-6-4-5-7-17(16)24-8-10-25-11-9-24;/h4-7H,8-13H2,1-3H3,(H2,20,21,22);1H. The summed E-state index contributed by atoms with van der Waals surface area (Å²) in [6, 6.07) is 8.52. The molecule has 0 radical (unpaired) electrons. The summed E-state index contributed by atoms with van der Waals surface area (Å²) >= 11 is 1.73. The second kappa shape index (κ2) is 10.8. The van der Waals surface area contributed by atoms with Gasteiger partial charge in [-0.2, -0.15) is 0 Å². The minimum Gasteiger partial charge on any atom is -0.378 e. The number of ether oxygens (including phenoxy) is 1. The number of guanidine groups is 1. The number of morpholine rings is 1. The summed E-state index contributed by atoms with van der Waals surface area (Å²) in [5, 5.41) is 7.84. The Balaban J connectivity index is 0.00000261. The van der Waals surface area contributed by atoms with Crippen molar-refractivity contribution in [1.82, 2.24) is 15.6 Å². The summed E-state index contributed by atoms with van der Waals surface area (Å²) in [4.78, 5) is 12.5. The van der Waals surface area contributed by atoms with Crippen LogP contribution in [0.3, 0.4) is 0 Å². The molecule has 1 saturated heterocycles. The Hall–Kier alpha value is -1.39. The fraction of sp³-hybridized carbons (Fsp3) is 0.474. The van der Waals surface area contributed by atoms with Crippen molar-refractivity contribution in [2.24, 2.45) is 4.99 Å². The van der Waals surface area contributed by atoms with E-state index < -0.39 is 0 Å². The van der Waals surface area contributed by atoms with Gasteiger partial charge >= 0.3 is 0 Å². The van der Waals surface area contributed by atoms with Gasteiger partial charge in [-0.3, -0.25) is 4.99 Å². The highest BCUT2D eigenvalue weighted by atomic mass is 127. The van der Waals surface area contributed by atoms with Gasteiger partial charge in [0, 0.05) is 37.2 Å². The number of hydrogen-bond donors (Lipinski definition) is 2. The number of nitrogens with one attached hydrogen (secondary N) is 2. The van der Waals surface area contributed by atoms with E-state index in [0.29, 0.717) is 6.54 Å². The number of rotatable bonds is 5. The van der Waals surface area contributed by atoms with Crippen LogP contribution in [-0.2, 0) is 17.8 Å². The quantitative estimate of drug-likeness (QED) is 0.375. The predicted molar refractivity (Wildman–Crippen MR) is 124 cm³/mol. The van der Waals surface area contributed by atoms with Gasteiger partial charge in [-0.05, 0) is 25.5 Å². The number of nitrogens with zero attached hydrogens (tertiary/aromatic N) is 3. The first-order valence-electron chi connectivity index (χ1n) is 8.95. The van der Waals surface area contributed by atoms with Gasteiger partial charge in [-0.1, -0.05) is 18.2 Å². The number of halogens is 1. The highest BCUT2D eigenvalue weighted by Gasteiger charge is 2.14. The molecule has 2 aromatic rings. The number of para-hydroxylation sites is 1. The van der Waals surface area contributed by atoms with E-state index in [-0.39, 0.29) is 24.0 Å². The van der Waals surface area contributed by atoms with Crippen molar-refractivity contribution in [3.8, 4) is 0 Å². The minimum absolute atomic E-state index is 0. The third-order valence-electron chi connectivity index (χ3n) is 4.49. The van der Waals surface area contributed by atoms with Crippen LogP contribution in [0.5, 0.6) is 0 Å². The van der Waals surface area contributed by atoms with E-state index >= 15 is 0 Å². The number of thiazole rings is 1. The second-order valence-electron chi connectivity index (χ2n) is 6.26. The molecule has 1 aromatic carbocycles. The Morgan fingerprint density at radius 3 is 2.56 bits per heavy atom. The van der Waals surface area contributed by atoms with Crippen LogP contribution in [0.2, 0.25) is 0 Å². The van der Waals surface area contributed by atoms with Gasteiger partial charge < -0.3 is 20.3 Å². The molecule has 0 bridgehead atoms. The van der Waals surface area contributed by atoms with Crippen LogP contribution in [0.1, 0.15) is 21.1 Å². The zero-order valence-electron chi connectivity index (χ0n) is 16.1. The first kappa shape index (κ1) is 21.9. The number of aliphatic imine (C=N–C) groups is 1. The minimum atomic E-state index is 0. The van der Waals surface area contributed by atoms with Crippen molar-refractivity contribution >= 4 is 47.0 Å². The molecule has 8 heteroatoms.